The Labute approximate surface area is 172 Å². The van der Waals surface area contributed by atoms with Crippen molar-refractivity contribution in [1.29, 1.82) is 0 Å². The minimum Gasteiger partial charge on any atom is -0.366 e. The molecule has 1 aromatic carbocycles. The number of carbonyl (C=O) groups is 1. The van der Waals surface area contributed by atoms with E-state index in [4.69, 9.17) is 23.2 Å². The Bertz CT molecular complexity index is 1070. The zero-order valence-corrected chi connectivity index (χ0v) is 16.6. The fourth-order valence-corrected chi connectivity index (χ4v) is 2.90. The van der Waals surface area contributed by atoms with Crippen LogP contribution in [-0.2, 0) is 6.54 Å². The Morgan fingerprint density at radius 2 is 2.07 bits per heavy atom. The summed E-state index contributed by atoms with van der Waals surface area (Å²) in [5, 5.41) is 4.70. The number of pyridine rings is 1. The zero-order valence-electron chi connectivity index (χ0n) is 15.1. The van der Waals surface area contributed by atoms with Crippen molar-refractivity contribution < 1.29 is 4.79 Å². The Balaban J connectivity index is 1.75. The van der Waals surface area contributed by atoms with Crippen molar-refractivity contribution in [3.63, 3.8) is 0 Å². The lowest BCUT2D eigenvalue weighted by molar-refractivity contribution is 0.104. The van der Waals surface area contributed by atoms with E-state index in [1.165, 1.54) is 6.08 Å². The standard InChI is InChI=1S/C21H18Cl2N4O/c1-2-4-20(25-12-14-6-8-15(22)9-7-14)27-19(23)11-18(28)17-13-26-21-16(17)5-3-10-24-21/h2-11,13H,12H2,1H3,(H,24,26)(H,25,27)/b4-2-,19-11+. The maximum absolute atomic E-state index is 12.6. The number of rotatable bonds is 6. The Morgan fingerprint density at radius 1 is 1.29 bits per heavy atom. The molecule has 0 aliphatic rings. The maximum atomic E-state index is 12.6. The number of nitrogens with zero attached hydrogens (tertiary/aromatic N) is 2. The number of aromatic amines is 1. The number of carbonyl (C=O) groups excluding carboxylic acids is 1. The third-order valence-corrected chi connectivity index (χ3v) is 4.35. The number of aromatic nitrogens is 2. The van der Waals surface area contributed by atoms with E-state index in [-0.39, 0.29) is 10.9 Å². The number of aliphatic imine (C=N–C) groups is 1. The van der Waals surface area contributed by atoms with Gasteiger partial charge in [-0.15, -0.1) is 0 Å². The van der Waals surface area contributed by atoms with Crippen LogP contribution < -0.4 is 5.32 Å². The second-order valence-corrected chi connectivity index (χ2v) is 6.73. The van der Waals surface area contributed by atoms with Gasteiger partial charge in [0, 0.05) is 41.0 Å². The van der Waals surface area contributed by atoms with Crippen LogP contribution >= 0.6 is 23.2 Å². The summed E-state index contributed by atoms with van der Waals surface area (Å²) in [5.41, 5.74) is 2.19. The lowest BCUT2D eigenvalue weighted by Gasteiger charge is -2.06. The van der Waals surface area contributed by atoms with Crippen LogP contribution in [0.3, 0.4) is 0 Å². The molecule has 0 aliphatic heterocycles. The van der Waals surface area contributed by atoms with Gasteiger partial charge in [0.05, 0.1) is 0 Å². The summed E-state index contributed by atoms with van der Waals surface area (Å²) in [6.07, 6.45) is 8.20. The van der Waals surface area contributed by atoms with E-state index in [1.807, 2.05) is 43.3 Å². The molecule has 2 heterocycles. The fourth-order valence-electron chi connectivity index (χ4n) is 2.58. The predicted octanol–water partition coefficient (Wildman–Crippen LogP) is 5.24. The number of nitrogens with one attached hydrogen (secondary N) is 2. The summed E-state index contributed by atoms with van der Waals surface area (Å²) >= 11 is 12.1. The summed E-state index contributed by atoms with van der Waals surface area (Å²) in [6, 6.07) is 11.1. The molecule has 0 spiro atoms. The van der Waals surface area contributed by atoms with Gasteiger partial charge in [0.25, 0.3) is 0 Å². The molecular weight excluding hydrogens is 395 g/mol. The van der Waals surface area contributed by atoms with Crippen LogP contribution in [0.5, 0.6) is 0 Å². The molecule has 2 aromatic heterocycles. The highest BCUT2D eigenvalue weighted by atomic mass is 35.5. The van der Waals surface area contributed by atoms with E-state index < -0.39 is 0 Å². The Hall–Kier alpha value is -2.89. The Morgan fingerprint density at radius 3 is 2.82 bits per heavy atom. The molecule has 28 heavy (non-hydrogen) atoms. The average molecular weight is 413 g/mol. The van der Waals surface area contributed by atoms with E-state index in [0.29, 0.717) is 28.6 Å². The summed E-state index contributed by atoms with van der Waals surface area (Å²) in [6.45, 7) is 2.42. The molecule has 0 amide bonds. The van der Waals surface area contributed by atoms with Gasteiger partial charge in [0.1, 0.15) is 16.6 Å². The molecule has 142 valence electrons. The van der Waals surface area contributed by atoms with Crippen LogP contribution in [0.25, 0.3) is 11.0 Å². The molecule has 0 aliphatic carbocycles. The van der Waals surface area contributed by atoms with Crippen LogP contribution in [0, 0.1) is 0 Å². The van der Waals surface area contributed by atoms with E-state index in [0.717, 1.165) is 10.9 Å². The number of halogens is 2. The highest BCUT2D eigenvalue weighted by Crippen LogP contribution is 2.18. The number of fused-ring (bicyclic) bond motifs is 1. The molecule has 0 saturated carbocycles. The van der Waals surface area contributed by atoms with Gasteiger partial charge in [-0.3, -0.25) is 4.79 Å². The molecule has 3 rings (SSSR count). The molecule has 3 aromatic rings. The lowest BCUT2D eigenvalue weighted by Crippen LogP contribution is -2.20. The van der Waals surface area contributed by atoms with E-state index in [9.17, 15) is 4.79 Å². The monoisotopic (exact) mass is 412 g/mol. The zero-order chi connectivity index (χ0) is 19.9. The largest absolute Gasteiger partial charge is 0.366 e. The van der Waals surface area contributed by atoms with Crippen molar-refractivity contribution in [2.24, 2.45) is 4.99 Å². The molecule has 0 unspecified atom stereocenters. The third-order valence-electron chi connectivity index (χ3n) is 3.91. The number of hydrogen-bond donors (Lipinski definition) is 2. The quantitative estimate of drug-likeness (QED) is 0.191. The number of hydrogen-bond acceptors (Lipinski definition) is 3. The average Bonchev–Trinajstić information content (AvgIpc) is 3.12. The van der Waals surface area contributed by atoms with Crippen molar-refractivity contribution in [1.82, 2.24) is 15.3 Å². The van der Waals surface area contributed by atoms with Gasteiger partial charge in [-0.25, -0.2) is 9.98 Å². The third kappa shape index (κ3) is 5.09. The normalized spacial score (nSPS) is 12.7. The molecule has 0 fully saturated rings. The van der Waals surface area contributed by atoms with E-state index >= 15 is 0 Å². The van der Waals surface area contributed by atoms with Crippen molar-refractivity contribution in [2.45, 2.75) is 13.5 Å². The molecular formula is C21H18Cl2N4O. The topological polar surface area (TPSA) is 70.1 Å². The number of benzene rings is 1. The van der Waals surface area contributed by atoms with Gasteiger partial charge in [-0.05, 0) is 42.8 Å². The second kappa shape index (κ2) is 9.35. The first kappa shape index (κ1) is 19.9. The van der Waals surface area contributed by atoms with Gasteiger partial charge in [0.2, 0.25) is 0 Å². The van der Waals surface area contributed by atoms with Gasteiger partial charge < -0.3 is 10.3 Å². The molecule has 2 N–H and O–H groups in total. The molecule has 0 atom stereocenters. The van der Waals surface area contributed by atoms with Crippen LogP contribution in [0.15, 0.2) is 77.2 Å². The smallest absolute Gasteiger partial charge is 0.191 e. The number of amidine groups is 1. The van der Waals surface area contributed by atoms with E-state index in [2.05, 4.69) is 20.3 Å². The molecule has 0 saturated heterocycles. The van der Waals surface area contributed by atoms with Crippen molar-refractivity contribution in [3.8, 4) is 0 Å². The lowest BCUT2D eigenvalue weighted by atomic mass is 10.1. The van der Waals surface area contributed by atoms with Crippen molar-refractivity contribution >= 4 is 45.9 Å². The molecule has 5 nitrogen and oxygen atoms in total. The summed E-state index contributed by atoms with van der Waals surface area (Å²) in [7, 11) is 0. The van der Waals surface area contributed by atoms with Crippen molar-refractivity contribution in [3.05, 3.63) is 88.3 Å². The fraction of sp³-hybridized carbons (Fsp3) is 0.0952. The molecule has 0 radical (unpaired) electrons. The first-order valence-corrected chi connectivity index (χ1v) is 9.35. The highest BCUT2D eigenvalue weighted by molar-refractivity contribution is 6.32. The van der Waals surface area contributed by atoms with Gasteiger partial charge in [-0.2, -0.15) is 0 Å². The van der Waals surface area contributed by atoms with Crippen LogP contribution in [-0.4, -0.2) is 21.6 Å². The van der Waals surface area contributed by atoms with Gasteiger partial charge in [-0.1, -0.05) is 41.4 Å². The van der Waals surface area contributed by atoms with Crippen LogP contribution in [0.2, 0.25) is 5.02 Å². The minimum atomic E-state index is -0.245. The van der Waals surface area contributed by atoms with E-state index in [1.54, 1.807) is 24.5 Å². The van der Waals surface area contributed by atoms with Gasteiger partial charge >= 0.3 is 0 Å². The summed E-state index contributed by atoms with van der Waals surface area (Å²) in [5.74, 6) is 0.303. The molecule has 0 bridgehead atoms. The predicted molar refractivity (Wildman–Crippen MR) is 115 cm³/mol. The number of ketones is 1. The minimum absolute atomic E-state index is 0.0833. The maximum Gasteiger partial charge on any atom is 0.191 e. The van der Waals surface area contributed by atoms with Gasteiger partial charge in [0.15, 0.2) is 5.78 Å². The number of allylic oxidation sites excluding steroid dienone is 2. The Kier molecular flexibility index (Phi) is 6.63. The first-order chi connectivity index (χ1) is 13.6. The van der Waals surface area contributed by atoms with Crippen molar-refractivity contribution in [2.75, 3.05) is 0 Å². The summed E-state index contributed by atoms with van der Waals surface area (Å²) in [4.78, 5) is 24.0. The SMILES string of the molecule is C\C=C/C(=N\C(Cl)=C\C(=O)c1c[nH]c2ncccc12)NCc1ccc(Cl)cc1. The summed E-state index contributed by atoms with van der Waals surface area (Å²) < 4.78 is 0. The molecule has 7 heteroatoms. The van der Waals surface area contributed by atoms with Crippen LogP contribution in [0.1, 0.15) is 22.8 Å². The number of H-pyrrole nitrogens is 1. The highest BCUT2D eigenvalue weighted by Gasteiger charge is 2.11. The first-order valence-electron chi connectivity index (χ1n) is 8.60. The van der Waals surface area contributed by atoms with Crippen LogP contribution in [0.4, 0.5) is 0 Å². The second-order valence-electron chi connectivity index (χ2n) is 5.91.